The molecule has 19 heavy (non-hydrogen) atoms. The van der Waals surface area contributed by atoms with Crippen LogP contribution in [0.4, 0.5) is 0 Å². The van der Waals surface area contributed by atoms with Gasteiger partial charge < -0.3 is 0 Å². The summed E-state index contributed by atoms with van der Waals surface area (Å²) in [6.07, 6.45) is 0. The standard InChI is InChI=1S/C16H15N3/c1-12-7-6-10-15(11-12)19-16(17-13(2)18-19)14-8-4-3-5-9-14/h3-11H,1-2H3. The summed E-state index contributed by atoms with van der Waals surface area (Å²) in [6, 6.07) is 18.4. The van der Waals surface area contributed by atoms with Gasteiger partial charge >= 0.3 is 0 Å². The number of aryl methyl sites for hydroxylation is 2. The second-order valence-corrected chi connectivity index (χ2v) is 4.60. The normalized spacial score (nSPS) is 10.6. The van der Waals surface area contributed by atoms with Gasteiger partial charge in [0.25, 0.3) is 0 Å². The molecule has 3 aromatic rings. The van der Waals surface area contributed by atoms with E-state index in [2.05, 4.69) is 41.3 Å². The minimum atomic E-state index is 0.778. The molecular weight excluding hydrogens is 234 g/mol. The molecule has 0 aliphatic rings. The van der Waals surface area contributed by atoms with Crippen LogP contribution in [-0.2, 0) is 0 Å². The molecule has 1 aromatic heterocycles. The number of hydrogen-bond acceptors (Lipinski definition) is 2. The van der Waals surface area contributed by atoms with Crippen molar-refractivity contribution in [3.8, 4) is 17.1 Å². The van der Waals surface area contributed by atoms with Crippen LogP contribution in [0.1, 0.15) is 11.4 Å². The molecule has 0 radical (unpaired) electrons. The molecule has 2 aromatic carbocycles. The summed E-state index contributed by atoms with van der Waals surface area (Å²) in [5, 5.41) is 4.50. The quantitative estimate of drug-likeness (QED) is 0.695. The van der Waals surface area contributed by atoms with E-state index in [1.165, 1.54) is 5.56 Å². The maximum Gasteiger partial charge on any atom is 0.163 e. The zero-order chi connectivity index (χ0) is 13.2. The first kappa shape index (κ1) is 11.7. The third kappa shape index (κ3) is 2.27. The molecule has 3 rings (SSSR count). The van der Waals surface area contributed by atoms with Crippen molar-refractivity contribution in [1.29, 1.82) is 0 Å². The van der Waals surface area contributed by atoms with Crippen LogP contribution in [0.15, 0.2) is 54.6 Å². The number of rotatable bonds is 2. The number of benzene rings is 2. The molecule has 0 bridgehead atoms. The fourth-order valence-electron chi connectivity index (χ4n) is 2.13. The van der Waals surface area contributed by atoms with Crippen molar-refractivity contribution in [1.82, 2.24) is 14.8 Å². The van der Waals surface area contributed by atoms with Crippen LogP contribution in [0.25, 0.3) is 17.1 Å². The molecule has 0 atom stereocenters. The lowest BCUT2D eigenvalue weighted by atomic mass is 10.2. The minimum absolute atomic E-state index is 0.778. The van der Waals surface area contributed by atoms with Gasteiger partial charge in [-0.3, -0.25) is 0 Å². The van der Waals surface area contributed by atoms with E-state index in [0.717, 1.165) is 22.9 Å². The lowest BCUT2D eigenvalue weighted by Crippen LogP contribution is -1.99. The Morgan fingerprint density at radius 2 is 1.68 bits per heavy atom. The number of aromatic nitrogens is 3. The fourth-order valence-corrected chi connectivity index (χ4v) is 2.13. The van der Waals surface area contributed by atoms with Crippen molar-refractivity contribution in [2.45, 2.75) is 13.8 Å². The molecule has 94 valence electrons. The highest BCUT2D eigenvalue weighted by molar-refractivity contribution is 5.58. The summed E-state index contributed by atoms with van der Waals surface area (Å²) in [5.74, 6) is 1.66. The van der Waals surface area contributed by atoms with Gasteiger partial charge in [0.05, 0.1) is 5.69 Å². The van der Waals surface area contributed by atoms with Crippen LogP contribution in [0.3, 0.4) is 0 Å². The van der Waals surface area contributed by atoms with E-state index in [-0.39, 0.29) is 0 Å². The highest BCUT2D eigenvalue weighted by Crippen LogP contribution is 2.21. The van der Waals surface area contributed by atoms with Gasteiger partial charge in [0.1, 0.15) is 5.82 Å². The van der Waals surface area contributed by atoms with E-state index in [4.69, 9.17) is 0 Å². The third-order valence-corrected chi connectivity index (χ3v) is 2.99. The Morgan fingerprint density at radius 3 is 2.42 bits per heavy atom. The molecular formula is C16H15N3. The highest BCUT2D eigenvalue weighted by atomic mass is 15.3. The molecule has 3 nitrogen and oxygen atoms in total. The molecule has 1 heterocycles. The summed E-state index contributed by atoms with van der Waals surface area (Å²) in [7, 11) is 0. The van der Waals surface area contributed by atoms with Gasteiger partial charge in [-0.25, -0.2) is 9.67 Å². The first-order valence-corrected chi connectivity index (χ1v) is 6.30. The molecule has 0 aliphatic heterocycles. The lowest BCUT2D eigenvalue weighted by molar-refractivity contribution is 0.868. The van der Waals surface area contributed by atoms with Crippen molar-refractivity contribution in [3.05, 3.63) is 66.0 Å². The zero-order valence-electron chi connectivity index (χ0n) is 11.0. The average molecular weight is 249 g/mol. The predicted molar refractivity (Wildman–Crippen MR) is 76.3 cm³/mol. The minimum Gasteiger partial charge on any atom is -0.213 e. The Morgan fingerprint density at radius 1 is 0.895 bits per heavy atom. The summed E-state index contributed by atoms with van der Waals surface area (Å²) < 4.78 is 1.90. The van der Waals surface area contributed by atoms with Crippen LogP contribution < -0.4 is 0 Å². The maximum atomic E-state index is 4.54. The topological polar surface area (TPSA) is 30.7 Å². The average Bonchev–Trinajstić information content (AvgIpc) is 2.82. The summed E-state index contributed by atoms with van der Waals surface area (Å²) >= 11 is 0. The molecule has 0 saturated heterocycles. The predicted octanol–water partition coefficient (Wildman–Crippen LogP) is 3.55. The van der Waals surface area contributed by atoms with Gasteiger partial charge in [-0.1, -0.05) is 42.5 Å². The highest BCUT2D eigenvalue weighted by Gasteiger charge is 2.11. The fraction of sp³-hybridized carbons (Fsp3) is 0.125. The Labute approximate surface area is 112 Å². The van der Waals surface area contributed by atoms with Crippen molar-refractivity contribution < 1.29 is 0 Å². The maximum absolute atomic E-state index is 4.54. The van der Waals surface area contributed by atoms with Gasteiger partial charge in [-0.05, 0) is 31.5 Å². The van der Waals surface area contributed by atoms with Crippen LogP contribution in [-0.4, -0.2) is 14.8 Å². The number of nitrogens with zero attached hydrogens (tertiary/aromatic N) is 3. The number of hydrogen-bond donors (Lipinski definition) is 0. The van der Waals surface area contributed by atoms with Gasteiger partial charge in [0.2, 0.25) is 0 Å². The molecule has 0 N–H and O–H groups in total. The van der Waals surface area contributed by atoms with E-state index in [0.29, 0.717) is 0 Å². The Kier molecular flexibility index (Phi) is 2.88. The van der Waals surface area contributed by atoms with Gasteiger partial charge in [-0.2, -0.15) is 5.10 Å². The third-order valence-electron chi connectivity index (χ3n) is 2.99. The van der Waals surface area contributed by atoms with Gasteiger partial charge in [-0.15, -0.1) is 0 Å². The molecule has 0 spiro atoms. The molecule has 0 fully saturated rings. The van der Waals surface area contributed by atoms with Crippen molar-refractivity contribution in [3.63, 3.8) is 0 Å². The Bertz CT molecular complexity index is 699. The largest absolute Gasteiger partial charge is 0.213 e. The van der Waals surface area contributed by atoms with E-state index in [1.807, 2.05) is 41.9 Å². The second-order valence-electron chi connectivity index (χ2n) is 4.60. The molecule has 3 heteroatoms. The summed E-state index contributed by atoms with van der Waals surface area (Å²) in [4.78, 5) is 4.54. The van der Waals surface area contributed by atoms with Crippen molar-refractivity contribution in [2.75, 3.05) is 0 Å². The second kappa shape index (κ2) is 4.69. The summed E-state index contributed by atoms with van der Waals surface area (Å²) in [5.41, 5.74) is 3.33. The zero-order valence-corrected chi connectivity index (χ0v) is 11.0. The van der Waals surface area contributed by atoms with Crippen LogP contribution in [0.5, 0.6) is 0 Å². The molecule has 0 aliphatic carbocycles. The Balaban J connectivity index is 2.18. The van der Waals surface area contributed by atoms with E-state index in [9.17, 15) is 0 Å². The summed E-state index contributed by atoms with van der Waals surface area (Å²) in [6.45, 7) is 3.99. The van der Waals surface area contributed by atoms with Crippen molar-refractivity contribution in [2.24, 2.45) is 0 Å². The van der Waals surface area contributed by atoms with E-state index in [1.54, 1.807) is 0 Å². The first-order valence-electron chi connectivity index (χ1n) is 6.30. The van der Waals surface area contributed by atoms with Gasteiger partial charge in [0.15, 0.2) is 5.82 Å². The van der Waals surface area contributed by atoms with Crippen LogP contribution in [0, 0.1) is 13.8 Å². The first-order chi connectivity index (χ1) is 9.24. The van der Waals surface area contributed by atoms with Crippen molar-refractivity contribution >= 4 is 0 Å². The van der Waals surface area contributed by atoms with E-state index >= 15 is 0 Å². The smallest absolute Gasteiger partial charge is 0.163 e. The Hall–Kier alpha value is -2.42. The van der Waals surface area contributed by atoms with E-state index < -0.39 is 0 Å². The lowest BCUT2D eigenvalue weighted by Gasteiger charge is -2.06. The SMILES string of the molecule is Cc1cccc(-n2nc(C)nc2-c2ccccc2)c1. The van der Waals surface area contributed by atoms with Crippen LogP contribution >= 0.6 is 0 Å². The van der Waals surface area contributed by atoms with Crippen LogP contribution in [0.2, 0.25) is 0 Å². The molecule has 0 saturated carbocycles. The van der Waals surface area contributed by atoms with Gasteiger partial charge in [0, 0.05) is 5.56 Å². The molecule has 0 unspecified atom stereocenters. The monoisotopic (exact) mass is 249 g/mol. The molecule has 0 amide bonds.